The molecule has 1 amide bonds. The number of thiazole rings is 1. The summed E-state index contributed by atoms with van der Waals surface area (Å²) >= 11 is 1.45. The van der Waals surface area contributed by atoms with E-state index in [1.807, 2.05) is 12.1 Å². The van der Waals surface area contributed by atoms with E-state index >= 15 is 0 Å². The van der Waals surface area contributed by atoms with E-state index < -0.39 is 12.0 Å². The Morgan fingerprint density at radius 3 is 2.94 bits per heavy atom. The maximum Gasteiger partial charge on any atom is 0.260 e. The maximum atomic E-state index is 11.7. The van der Waals surface area contributed by atoms with E-state index in [0.717, 1.165) is 52.0 Å². The second-order valence-electron chi connectivity index (χ2n) is 7.63. The topological polar surface area (TPSA) is 128 Å². The van der Waals surface area contributed by atoms with Gasteiger partial charge in [0.1, 0.15) is 22.8 Å². The zero-order valence-electron chi connectivity index (χ0n) is 17.5. The van der Waals surface area contributed by atoms with Crippen molar-refractivity contribution in [2.24, 2.45) is 5.73 Å². The van der Waals surface area contributed by atoms with Gasteiger partial charge in [-0.1, -0.05) is 11.3 Å². The van der Waals surface area contributed by atoms with Crippen LogP contribution in [0.15, 0.2) is 30.3 Å². The van der Waals surface area contributed by atoms with Crippen LogP contribution < -0.4 is 20.9 Å². The molecule has 32 heavy (non-hydrogen) atoms. The number of rotatable bonds is 6. The van der Waals surface area contributed by atoms with Crippen LogP contribution in [0.4, 0.5) is 5.13 Å². The lowest BCUT2D eigenvalue weighted by Crippen LogP contribution is -2.37. The predicted molar refractivity (Wildman–Crippen MR) is 123 cm³/mol. The molecule has 4 aromatic rings. The van der Waals surface area contributed by atoms with Crippen LogP contribution in [-0.4, -0.2) is 46.9 Å². The highest BCUT2D eigenvalue weighted by atomic mass is 32.1. The van der Waals surface area contributed by atoms with Gasteiger partial charge in [-0.2, -0.15) is 0 Å². The average molecular weight is 454 g/mol. The number of benzene rings is 2. The molecule has 0 aliphatic carbocycles. The fourth-order valence-corrected chi connectivity index (χ4v) is 4.72. The number of carbonyl (C=O) groups excluding carboxylic acids is 1. The molecule has 1 atom stereocenters. The normalized spacial score (nSPS) is 14.7. The SMILES string of the molecule is COCC(Oc1cc2c3c(c1)nc(-c1ccc4nc(N)sc4c1)n3CCCCO2)C(N)=O. The molecule has 2 aromatic heterocycles. The number of imidazole rings is 1. The van der Waals surface area contributed by atoms with E-state index in [1.165, 1.54) is 18.4 Å². The number of ether oxygens (including phenoxy) is 3. The number of methoxy groups -OCH3 is 1. The first-order valence-electron chi connectivity index (χ1n) is 10.3. The van der Waals surface area contributed by atoms with Crippen molar-refractivity contribution >= 4 is 43.6 Å². The summed E-state index contributed by atoms with van der Waals surface area (Å²) in [7, 11) is 1.49. The first-order valence-corrected chi connectivity index (χ1v) is 11.1. The third-order valence-corrected chi connectivity index (χ3v) is 6.24. The Balaban J connectivity index is 1.64. The summed E-state index contributed by atoms with van der Waals surface area (Å²) in [5.74, 6) is 1.36. The predicted octanol–water partition coefficient (Wildman–Crippen LogP) is 2.95. The first-order chi connectivity index (χ1) is 15.5. The minimum absolute atomic E-state index is 0.0568. The number of amides is 1. The van der Waals surface area contributed by atoms with Crippen molar-refractivity contribution in [1.29, 1.82) is 0 Å². The third kappa shape index (κ3) is 3.71. The van der Waals surface area contributed by atoms with Gasteiger partial charge >= 0.3 is 0 Å². The first kappa shape index (κ1) is 20.5. The van der Waals surface area contributed by atoms with Gasteiger partial charge in [-0.3, -0.25) is 4.79 Å². The minimum atomic E-state index is -0.904. The fraction of sp³-hybridized carbons (Fsp3) is 0.318. The van der Waals surface area contributed by atoms with E-state index in [9.17, 15) is 4.79 Å². The lowest BCUT2D eigenvalue weighted by molar-refractivity contribution is -0.126. The van der Waals surface area contributed by atoms with Gasteiger partial charge in [0.15, 0.2) is 11.2 Å². The Labute approximate surface area is 187 Å². The van der Waals surface area contributed by atoms with Gasteiger partial charge in [0.25, 0.3) is 5.91 Å². The number of aryl methyl sites for hydroxylation is 1. The molecule has 9 nitrogen and oxygen atoms in total. The summed E-state index contributed by atoms with van der Waals surface area (Å²) in [6.45, 7) is 1.47. The van der Waals surface area contributed by atoms with E-state index in [1.54, 1.807) is 12.1 Å². The molecule has 0 radical (unpaired) electrons. The quantitative estimate of drug-likeness (QED) is 0.459. The number of hydrogen-bond donors (Lipinski definition) is 2. The number of nitrogens with zero attached hydrogens (tertiary/aromatic N) is 3. The molecule has 3 heterocycles. The number of hydrogen-bond acceptors (Lipinski definition) is 8. The molecule has 0 saturated carbocycles. The van der Waals surface area contributed by atoms with Crippen LogP contribution in [0.5, 0.6) is 11.5 Å². The van der Waals surface area contributed by atoms with Crippen LogP contribution in [-0.2, 0) is 16.1 Å². The molecule has 0 spiro atoms. The number of carbonyl (C=O) groups is 1. The number of nitrogen functional groups attached to an aromatic ring is 1. The van der Waals surface area contributed by atoms with Gasteiger partial charge in [0.05, 0.1) is 28.9 Å². The van der Waals surface area contributed by atoms with Gasteiger partial charge in [-0.15, -0.1) is 0 Å². The zero-order valence-corrected chi connectivity index (χ0v) is 18.4. The Bertz CT molecular complexity index is 1310. The maximum absolute atomic E-state index is 11.7. The second-order valence-corrected chi connectivity index (χ2v) is 8.69. The monoisotopic (exact) mass is 453 g/mol. The molecule has 0 saturated heterocycles. The number of fused-ring (bicyclic) bond motifs is 1. The van der Waals surface area contributed by atoms with Gasteiger partial charge in [0.2, 0.25) is 0 Å². The fourth-order valence-electron chi connectivity index (χ4n) is 3.95. The van der Waals surface area contributed by atoms with Crippen molar-refractivity contribution in [1.82, 2.24) is 14.5 Å². The van der Waals surface area contributed by atoms with Crippen LogP contribution in [0.25, 0.3) is 32.6 Å². The Hall–Kier alpha value is -3.37. The summed E-state index contributed by atoms with van der Waals surface area (Å²) in [6, 6.07) is 9.62. The Morgan fingerprint density at radius 2 is 2.12 bits per heavy atom. The molecular formula is C22H23N5O4S. The van der Waals surface area contributed by atoms with Crippen molar-refractivity contribution in [2.45, 2.75) is 25.5 Å². The molecule has 1 aliphatic rings. The lowest BCUT2D eigenvalue weighted by Gasteiger charge is -2.19. The van der Waals surface area contributed by atoms with Crippen molar-refractivity contribution in [3.63, 3.8) is 0 Å². The highest BCUT2D eigenvalue weighted by Crippen LogP contribution is 2.37. The number of anilines is 1. The summed E-state index contributed by atoms with van der Waals surface area (Å²) in [5.41, 5.74) is 14.8. The van der Waals surface area contributed by atoms with Crippen molar-refractivity contribution in [3.8, 4) is 22.9 Å². The van der Waals surface area contributed by atoms with Gasteiger partial charge in [-0.25, -0.2) is 9.97 Å². The van der Waals surface area contributed by atoms with Gasteiger partial charge < -0.3 is 30.2 Å². The number of nitrogens with two attached hydrogens (primary N) is 2. The molecular weight excluding hydrogens is 430 g/mol. The van der Waals surface area contributed by atoms with Crippen LogP contribution in [0.3, 0.4) is 0 Å². The molecule has 1 unspecified atom stereocenters. The largest absolute Gasteiger partial charge is 0.491 e. The summed E-state index contributed by atoms with van der Waals surface area (Å²) in [4.78, 5) is 21.0. The molecule has 4 N–H and O–H groups in total. The smallest absolute Gasteiger partial charge is 0.260 e. The van der Waals surface area contributed by atoms with E-state index in [4.69, 9.17) is 30.7 Å². The van der Waals surface area contributed by atoms with Crippen LogP contribution in [0, 0.1) is 0 Å². The van der Waals surface area contributed by atoms with Crippen molar-refractivity contribution in [3.05, 3.63) is 30.3 Å². The van der Waals surface area contributed by atoms with Crippen LogP contribution >= 0.6 is 11.3 Å². The molecule has 1 aliphatic heterocycles. The minimum Gasteiger partial charge on any atom is -0.491 e. The molecule has 10 heteroatoms. The zero-order chi connectivity index (χ0) is 22.2. The van der Waals surface area contributed by atoms with Crippen molar-refractivity contribution in [2.75, 3.05) is 26.1 Å². The number of aromatic nitrogens is 3. The van der Waals surface area contributed by atoms with Gasteiger partial charge in [0, 0.05) is 31.4 Å². The third-order valence-electron chi connectivity index (χ3n) is 5.39. The highest BCUT2D eigenvalue weighted by Gasteiger charge is 2.23. The second kappa shape index (κ2) is 8.29. The average Bonchev–Trinajstić information content (AvgIpc) is 3.29. The highest BCUT2D eigenvalue weighted by molar-refractivity contribution is 7.22. The van der Waals surface area contributed by atoms with Crippen molar-refractivity contribution < 1.29 is 19.0 Å². The summed E-state index contributed by atoms with van der Waals surface area (Å²) < 4.78 is 20.1. The number of primary amides is 1. The van der Waals surface area contributed by atoms with Crippen LogP contribution in [0.1, 0.15) is 12.8 Å². The molecule has 0 bridgehead atoms. The summed E-state index contributed by atoms with van der Waals surface area (Å²) in [5, 5.41) is 0.539. The Morgan fingerprint density at radius 1 is 1.25 bits per heavy atom. The lowest BCUT2D eigenvalue weighted by atomic mass is 10.2. The molecule has 0 fully saturated rings. The molecule has 166 valence electrons. The van der Waals surface area contributed by atoms with E-state index in [0.29, 0.717) is 23.2 Å². The van der Waals surface area contributed by atoms with Gasteiger partial charge in [-0.05, 0) is 31.0 Å². The van der Waals surface area contributed by atoms with E-state index in [-0.39, 0.29) is 6.61 Å². The van der Waals surface area contributed by atoms with Crippen LogP contribution in [0.2, 0.25) is 0 Å². The molecule has 2 aromatic carbocycles. The Kier molecular flexibility index (Phi) is 5.32. The summed E-state index contributed by atoms with van der Waals surface area (Å²) in [6.07, 6.45) is 0.990. The standard InChI is InChI=1S/C22H23N5O4S/c1-29-11-17(20(23)28)31-13-9-15-19-16(10-13)30-7-3-2-6-27(19)21(25-15)12-4-5-14-18(8-12)32-22(24)26-14/h4-5,8-10,17H,2-3,6-7,11H2,1H3,(H2,23,28)(H2,24,26). The van der Waals surface area contributed by atoms with E-state index in [2.05, 4.69) is 15.6 Å². The molecule has 5 rings (SSSR count).